The summed E-state index contributed by atoms with van der Waals surface area (Å²) < 4.78 is 7.65. The van der Waals surface area contributed by atoms with E-state index in [0.717, 1.165) is 23.6 Å². The summed E-state index contributed by atoms with van der Waals surface area (Å²) in [7, 11) is 0. The number of fused-ring (bicyclic) bond motifs is 1. The predicted octanol–water partition coefficient (Wildman–Crippen LogP) is 4.02. The van der Waals surface area contributed by atoms with Gasteiger partial charge in [-0.25, -0.2) is 0 Å². The number of aromatic nitrogens is 2. The molecule has 5 nitrogen and oxygen atoms in total. The maximum absolute atomic E-state index is 13.2. The van der Waals surface area contributed by atoms with Gasteiger partial charge in [-0.1, -0.05) is 56.3 Å². The first kappa shape index (κ1) is 16.6. The Hall–Kier alpha value is -2.82. The Morgan fingerprint density at radius 2 is 1.88 bits per heavy atom. The predicted molar refractivity (Wildman–Crippen MR) is 99.0 cm³/mol. The topological polar surface area (TPSA) is 51.3 Å². The van der Waals surface area contributed by atoms with Crippen molar-refractivity contribution in [2.45, 2.75) is 38.8 Å². The summed E-state index contributed by atoms with van der Waals surface area (Å²) in [6, 6.07) is 15.9. The van der Waals surface area contributed by atoms with Crippen LogP contribution in [-0.4, -0.2) is 27.1 Å². The smallest absolute Gasteiger partial charge is 0.276 e. The number of carbonyl (C=O) groups excluding carboxylic acids is 1. The van der Waals surface area contributed by atoms with Gasteiger partial charge in [0, 0.05) is 36.5 Å². The van der Waals surface area contributed by atoms with Gasteiger partial charge in [-0.3, -0.25) is 4.79 Å². The molecule has 0 spiro atoms. The Kier molecular flexibility index (Phi) is 3.94. The number of carbonyl (C=O) groups is 1. The van der Waals surface area contributed by atoms with Crippen molar-refractivity contribution in [3.05, 3.63) is 77.4 Å². The van der Waals surface area contributed by atoms with E-state index >= 15 is 0 Å². The number of hydrogen-bond donors (Lipinski definition) is 0. The molecule has 1 aromatic carbocycles. The van der Waals surface area contributed by atoms with Crippen LogP contribution >= 0.6 is 0 Å². The fourth-order valence-corrected chi connectivity index (χ4v) is 3.46. The SMILES string of the molecule is CC(C)(C)c1cc(C(=O)N2CCn3cccc3C2c2ccccc2)no1. The Morgan fingerprint density at radius 3 is 2.58 bits per heavy atom. The van der Waals surface area contributed by atoms with Gasteiger partial charge in [0.1, 0.15) is 5.76 Å². The van der Waals surface area contributed by atoms with Crippen LogP contribution in [0.5, 0.6) is 0 Å². The number of amides is 1. The quantitative estimate of drug-likeness (QED) is 0.702. The van der Waals surface area contributed by atoms with Crippen LogP contribution in [0.4, 0.5) is 0 Å². The van der Waals surface area contributed by atoms with Crippen molar-refractivity contribution in [2.75, 3.05) is 6.54 Å². The van der Waals surface area contributed by atoms with E-state index in [9.17, 15) is 4.79 Å². The lowest BCUT2D eigenvalue weighted by molar-refractivity contribution is 0.0653. The molecule has 3 aromatic rings. The molecule has 0 radical (unpaired) electrons. The summed E-state index contributed by atoms with van der Waals surface area (Å²) in [4.78, 5) is 15.1. The van der Waals surface area contributed by atoms with E-state index in [1.54, 1.807) is 6.07 Å². The van der Waals surface area contributed by atoms with Crippen molar-refractivity contribution in [1.82, 2.24) is 14.6 Å². The highest BCUT2D eigenvalue weighted by Crippen LogP contribution is 2.33. The number of rotatable bonds is 2. The van der Waals surface area contributed by atoms with Gasteiger partial charge in [0.25, 0.3) is 5.91 Å². The van der Waals surface area contributed by atoms with Crippen molar-refractivity contribution in [3.8, 4) is 0 Å². The minimum absolute atomic E-state index is 0.0921. The average molecular weight is 349 g/mol. The molecule has 1 atom stereocenters. The number of nitrogens with zero attached hydrogens (tertiary/aromatic N) is 3. The highest BCUT2D eigenvalue weighted by molar-refractivity contribution is 5.93. The molecule has 1 aliphatic rings. The summed E-state index contributed by atoms with van der Waals surface area (Å²) in [6.45, 7) is 7.55. The highest BCUT2D eigenvalue weighted by Gasteiger charge is 2.34. The molecule has 4 rings (SSSR count). The third-order valence-electron chi connectivity index (χ3n) is 4.88. The van der Waals surface area contributed by atoms with E-state index in [1.807, 2.05) is 49.9 Å². The van der Waals surface area contributed by atoms with Crippen molar-refractivity contribution in [3.63, 3.8) is 0 Å². The fourth-order valence-electron chi connectivity index (χ4n) is 3.46. The molecule has 26 heavy (non-hydrogen) atoms. The van der Waals surface area contributed by atoms with Gasteiger partial charge in [-0.05, 0) is 17.7 Å². The minimum Gasteiger partial charge on any atom is -0.360 e. The molecule has 1 amide bonds. The summed E-state index contributed by atoms with van der Waals surface area (Å²) >= 11 is 0. The Morgan fingerprint density at radius 1 is 1.12 bits per heavy atom. The summed E-state index contributed by atoms with van der Waals surface area (Å²) in [5.41, 5.74) is 2.41. The van der Waals surface area contributed by atoms with Crippen molar-refractivity contribution in [2.24, 2.45) is 0 Å². The number of hydrogen-bond acceptors (Lipinski definition) is 3. The van der Waals surface area contributed by atoms with Crippen LogP contribution in [-0.2, 0) is 12.0 Å². The van der Waals surface area contributed by atoms with Crippen LogP contribution in [0.15, 0.2) is 59.3 Å². The minimum atomic E-state index is -0.180. The maximum atomic E-state index is 13.2. The first-order valence-electron chi connectivity index (χ1n) is 8.93. The van der Waals surface area contributed by atoms with Crippen LogP contribution in [0, 0.1) is 0 Å². The van der Waals surface area contributed by atoms with Crippen molar-refractivity contribution in [1.29, 1.82) is 0 Å². The van der Waals surface area contributed by atoms with Crippen molar-refractivity contribution < 1.29 is 9.32 Å². The van der Waals surface area contributed by atoms with Gasteiger partial charge in [-0.15, -0.1) is 0 Å². The largest absolute Gasteiger partial charge is 0.360 e. The maximum Gasteiger partial charge on any atom is 0.276 e. The molecule has 5 heteroatoms. The second kappa shape index (κ2) is 6.16. The summed E-state index contributed by atoms with van der Waals surface area (Å²) in [5, 5.41) is 4.06. The van der Waals surface area contributed by atoms with Crippen LogP contribution in [0.1, 0.15) is 54.3 Å². The molecular weight excluding hydrogens is 326 g/mol. The van der Waals surface area contributed by atoms with E-state index < -0.39 is 0 Å². The molecule has 2 aromatic heterocycles. The molecule has 3 heterocycles. The average Bonchev–Trinajstić information content (AvgIpc) is 3.30. The lowest BCUT2D eigenvalue weighted by atomic mass is 9.93. The molecule has 0 N–H and O–H groups in total. The molecule has 0 fully saturated rings. The van der Waals surface area contributed by atoms with Crippen LogP contribution in [0.3, 0.4) is 0 Å². The first-order chi connectivity index (χ1) is 12.4. The normalized spacial score (nSPS) is 17.2. The molecule has 0 saturated heterocycles. The van der Waals surface area contributed by atoms with Crippen LogP contribution in [0.25, 0.3) is 0 Å². The van der Waals surface area contributed by atoms with Gasteiger partial charge < -0.3 is 14.0 Å². The number of benzene rings is 1. The Bertz CT molecular complexity index is 918. The zero-order valence-electron chi connectivity index (χ0n) is 15.3. The Balaban J connectivity index is 1.73. The van der Waals surface area contributed by atoms with E-state index in [0.29, 0.717) is 12.2 Å². The van der Waals surface area contributed by atoms with Crippen LogP contribution < -0.4 is 0 Å². The van der Waals surface area contributed by atoms with Gasteiger partial charge in [0.2, 0.25) is 0 Å². The molecule has 0 saturated carbocycles. The summed E-state index contributed by atoms with van der Waals surface area (Å²) in [5.74, 6) is 0.628. The standard InChI is InChI=1S/C21H23N3O2/c1-21(2,3)18-14-16(22-26-18)20(25)24-13-12-23-11-7-10-17(23)19(24)15-8-5-4-6-9-15/h4-11,14,19H,12-13H2,1-3H3. The second-order valence-corrected chi connectivity index (χ2v) is 7.76. The van der Waals surface area contributed by atoms with Gasteiger partial charge in [0.05, 0.1) is 6.04 Å². The van der Waals surface area contributed by atoms with E-state index in [-0.39, 0.29) is 17.4 Å². The summed E-state index contributed by atoms with van der Waals surface area (Å²) in [6.07, 6.45) is 2.07. The monoisotopic (exact) mass is 349 g/mol. The molecular formula is C21H23N3O2. The fraction of sp³-hybridized carbons (Fsp3) is 0.333. The Labute approximate surface area is 153 Å². The second-order valence-electron chi connectivity index (χ2n) is 7.76. The zero-order valence-corrected chi connectivity index (χ0v) is 15.3. The molecule has 134 valence electrons. The van der Waals surface area contributed by atoms with E-state index in [1.165, 1.54) is 0 Å². The van der Waals surface area contributed by atoms with Gasteiger partial charge in [0.15, 0.2) is 5.69 Å². The lowest BCUT2D eigenvalue weighted by Crippen LogP contribution is -2.42. The van der Waals surface area contributed by atoms with Crippen molar-refractivity contribution >= 4 is 5.91 Å². The third-order valence-corrected chi connectivity index (χ3v) is 4.88. The van der Waals surface area contributed by atoms with Gasteiger partial charge >= 0.3 is 0 Å². The highest BCUT2D eigenvalue weighted by atomic mass is 16.5. The van der Waals surface area contributed by atoms with E-state index in [4.69, 9.17) is 4.52 Å². The molecule has 0 aliphatic carbocycles. The third kappa shape index (κ3) is 2.83. The molecule has 1 aliphatic heterocycles. The van der Waals surface area contributed by atoms with E-state index in [2.05, 4.69) is 34.1 Å². The van der Waals surface area contributed by atoms with Gasteiger partial charge in [-0.2, -0.15) is 0 Å². The molecule has 0 bridgehead atoms. The first-order valence-corrected chi connectivity index (χ1v) is 8.93. The lowest BCUT2D eigenvalue weighted by Gasteiger charge is -2.37. The molecule has 1 unspecified atom stereocenters. The van der Waals surface area contributed by atoms with Crippen LogP contribution in [0.2, 0.25) is 0 Å². The zero-order chi connectivity index (χ0) is 18.3.